The van der Waals surface area contributed by atoms with Gasteiger partial charge in [0.05, 0.1) is 5.69 Å². The first-order valence-electron chi connectivity index (χ1n) is 10.4. The second-order valence-electron chi connectivity index (χ2n) is 7.99. The lowest BCUT2D eigenvalue weighted by molar-refractivity contribution is 0.633. The van der Waals surface area contributed by atoms with Crippen LogP contribution in [0.3, 0.4) is 0 Å². The highest BCUT2D eigenvalue weighted by Gasteiger charge is 2.22. The summed E-state index contributed by atoms with van der Waals surface area (Å²) in [6.07, 6.45) is 1.86. The maximum atomic E-state index is 4.99. The minimum atomic E-state index is 0.925. The zero-order valence-electron chi connectivity index (χ0n) is 17.7. The summed E-state index contributed by atoms with van der Waals surface area (Å²) in [6, 6.07) is 16.8. The van der Waals surface area contributed by atoms with Gasteiger partial charge in [-0.05, 0) is 32.9 Å². The lowest BCUT2D eigenvalue weighted by Crippen LogP contribution is -2.47. The van der Waals surface area contributed by atoms with Gasteiger partial charge in [0.25, 0.3) is 0 Å². The van der Waals surface area contributed by atoms with Crippen molar-refractivity contribution >= 4 is 17.3 Å². The van der Waals surface area contributed by atoms with Crippen molar-refractivity contribution in [3.63, 3.8) is 0 Å². The molecular weight excluding hydrogens is 372 g/mol. The Morgan fingerprint density at radius 2 is 1.57 bits per heavy atom. The molecule has 0 saturated carbocycles. The molecule has 0 amide bonds. The molecule has 1 aliphatic rings. The summed E-state index contributed by atoms with van der Waals surface area (Å²) in [7, 11) is 0. The number of nitrogens with zero attached hydrogens (tertiary/aromatic N) is 6. The Kier molecular flexibility index (Phi) is 4.62. The fourth-order valence-electron chi connectivity index (χ4n) is 4.14. The van der Waals surface area contributed by atoms with Gasteiger partial charge in [-0.15, -0.1) is 0 Å². The number of aryl methyl sites for hydroxylation is 3. The van der Waals surface area contributed by atoms with E-state index >= 15 is 0 Å². The molecule has 4 heterocycles. The summed E-state index contributed by atoms with van der Waals surface area (Å²) in [5, 5.41) is 4.99. The van der Waals surface area contributed by atoms with E-state index in [9.17, 15) is 0 Å². The maximum absolute atomic E-state index is 4.99. The van der Waals surface area contributed by atoms with E-state index in [4.69, 9.17) is 10.1 Å². The van der Waals surface area contributed by atoms with Gasteiger partial charge in [-0.3, -0.25) is 0 Å². The van der Waals surface area contributed by atoms with Crippen LogP contribution in [0.15, 0.2) is 54.7 Å². The van der Waals surface area contributed by atoms with E-state index in [2.05, 4.69) is 72.0 Å². The Bertz CT molecular complexity index is 1170. The molecule has 4 aromatic rings. The van der Waals surface area contributed by atoms with Crippen LogP contribution in [0.25, 0.3) is 16.9 Å². The van der Waals surface area contributed by atoms with E-state index in [0.29, 0.717) is 0 Å². The number of rotatable bonds is 3. The zero-order chi connectivity index (χ0) is 20.7. The molecule has 1 aliphatic heterocycles. The quantitative estimate of drug-likeness (QED) is 0.521. The number of hydrogen-bond acceptors (Lipinski definition) is 5. The van der Waals surface area contributed by atoms with Crippen LogP contribution in [0.4, 0.5) is 11.6 Å². The second kappa shape index (κ2) is 7.44. The van der Waals surface area contributed by atoms with Gasteiger partial charge in [-0.2, -0.15) is 9.61 Å². The van der Waals surface area contributed by atoms with Crippen molar-refractivity contribution < 1.29 is 0 Å². The molecule has 1 fully saturated rings. The predicted molar refractivity (Wildman–Crippen MR) is 121 cm³/mol. The Balaban J connectivity index is 1.49. The topological polar surface area (TPSA) is 49.6 Å². The highest BCUT2D eigenvalue weighted by molar-refractivity contribution is 5.72. The molecule has 5 rings (SSSR count). The van der Waals surface area contributed by atoms with Crippen molar-refractivity contribution in [2.75, 3.05) is 36.0 Å². The third-order valence-electron chi connectivity index (χ3n) is 5.83. The average Bonchev–Trinajstić information content (AvgIpc) is 3.11. The van der Waals surface area contributed by atoms with E-state index in [1.807, 2.05) is 22.8 Å². The maximum Gasteiger partial charge on any atom is 0.161 e. The number of anilines is 2. The van der Waals surface area contributed by atoms with E-state index in [1.54, 1.807) is 0 Å². The molecule has 0 aliphatic carbocycles. The standard InChI is InChI=1S/C24H26N6/c1-17-7-9-20(10-8-17)23-19(3)24-26-18(2)16-22(30(24)27-23)29-14-12-28(13-15-29)21-6-4-5-11-25-21/h4-11,16H,12-15H2,1-3H3. The highest BCUT2D eigenvalue weighted by Crippen LogP contribution is 2.29. The molecule has 0 unspecified atom stereocenters. The van der Waals surface area contributed by atoms with E-state index in [0.717, 1.165) is 66.0 Å². The van der Waals surface area contributed by atoms with Gasteiger partial charge < -0.3 is 9.80 Å². The fraction of sp³-hybridized carbons (Fsp3) is 0.292. The lowest BCUT2D eigenvalue weighted by Gasteiger charge is -2.36. The van der Waals surface area contributed by atoms with Crippen LogP contribution in [-0.2, 0) is 0 Å². The number of fused-ring (bicyclic) bond motifs is 1. The Hall–Kier alpha value is -3.41. The van der Waals surface area contributed by atoms with Gasteiger partial charge in [-0.25, -0.2) is 9.97 Å². The SMILES string of the molecule is Cc1ccc(-c2nn3c(N4CCN(c5ccccn5)CC4)cc(C)nc3c2C)cc1. The molecule has 6 nitrogen and oxygen atoms in total. The van der Waals surface area contributed by atoms with Gasteiger partial charge in [0.15, 0.2) is 5.65 Å². The van der Waals surface area contributed by atoms with Crippen molar-refractivity contribution in [3.05, 3.63) is 71.5 Å². The number of piperazine rings is 1. The minimum Gasteiger partial charge on any atom is -0.353 e. The van der Waals surface area contributed by atoms with Crippen molar-refractivity contribution in [1.29, 1.82) is 0 Å². The largest absolute Gasteiger partial charge is 0.353 e. The molecule has 1 saturated heterocycles. The number of pyridine rings is 1. The number of aromatic nitrogens is 4. The van der Waals surface area contributed by atoms with E-state index < -0.39 is 0 Å². The molecule has 0 N–H and O–H groups in total. The summed E-state index contributed by atoms with van der Waals surface area (Å²) in [5.74, 6) is 2.16. The van der Waals surface area contributed by atoms with Crippen molar-refractivity contribution in [1.82, 2.24) is 19.6 Å². The number of benzene rings is 1. The Labute approximate surface area is 176 Å². The van der Waals surface area contributed by atoms with Crippen LogP contribution < -0.4 is 9.80 Å². The van der Waals surface area contributed by atoms with Crippen molar-refractivity contribution in [2.45, 2.75) is 20.8 Å². The molecule has 152 valence electrons. The highest BCUT2D eigenvalue weighted by atomic mass is 15.4. The molecule has 6 heteroatoms. The number of hydrogen-bond donors (Lipinski definition) is 0. The van der Waals surface area contributed by atoms with Crippen LogP contribution >= 0.6 is 0 Å². The Morgan fingerprint density at radius 1 is 0.833 bits per heavy atom. The van der Waals surface area contributed by atoms with Crippen LogP contribution in [0.1, 0.15) is 16.8 Å². The van der Waals surface area contributed by atoms with Crippen LogP contribution in [0, 0.1) is 20.8 Å². The summed E-state index contributed by atoms with van der Waals surface area (Å²) in [5.41, 5.74) is 6.46. The van der Waals surface area contributed by atoms with Crippen LogP contribution in [0.2, 0.25) is 0 Å². The molecular formula is C24H26N6. The van der Waals surface area contributed by atoms with Crippen LogP contribution in [-0.4, -0.2) is 45.8 Å². The summed E-state index contributed by atoms with van der Waals surface area (Å²) in [4.78, 5) is 14.1. The third kappa shape index (κ3) is 3.28. The molecule has 0 bridgehead atoms. The fourth-order valence-corrected chi connectivity index (χ4v) is 4.14. The first-order chi connectivity index (χ1) is 14.6. The Morgan fingerprint density at radius 3 is 2.27 bits per heavy atom. The first-order valence-corrected chi connectivity index (χ1v) is 10.4. The van der Waals surface area contributed by atoms with Gasteiger partial charge in [0.1, 0.15) is 11.6 Å². The molecule has 0 atom stereocenters. The molecule has 3 aromatic heterocycles. The summed E-state index contributed by atoms with van der Waals surface area (Å²) >= 11 is 0. The van der Waals surface area contributed by atoms with Gasteiger partial charge >= 0.3 is 0 Å². The molecule has 1 aromatic carbocycles. The van der Waals surface area contributed by atoms with E-state index in [1.165, 1.54) is 5.56 Å². The first kappa shape index (κ1) is 18.6. The zero-order valence-corrected chi connectivity index (χ0v) is 17.7. The normalized spacial score (nSPS) is 14.5. The second-order valence-corrected chi connectivity index (χ2v) is 7.99. The van der Waals surface area contributed by atoms with Crippen LogP contribution in [0.5, 0.6) is 0 Å². The minimum absolute atomic E-state index is 0.925. The summed E-state index contributed by atoms with van der Waals surface area (Å²) in [6.45, 7) is 10.0. The van der Waals surface area contributed by atoms with Crippen molar-refractivity contribution in [2.24, 2.45) is 0 Å². The molecule has 30 heavy (non-hydrogen) atoms. The smallest absolute Gasteiger partial charge is 0.161 e. The van der Waals surface area contributed by atoms with Gasteiger partial charge in [0.2, 0.25) is 0 Å². The molecule has 0 spiro atoms. The molecule has 0 radical (unpaired) electrons. The third-order valence-corrected chi connectivity index (χ3v) is 5.83. The van der Waals surface area contributed by atoms with Crippen molar-refractivity contribution in [3.8, 4) is 11.3 Å². The van der Waals surface area contributed by atoms with Gasteiger partial charge in [0, 0.05) is 55.3 Å². The monoisotopic (exact) mass is 398 g/mol. The lowest BCUT2D eigenvalue weighted by atomic mass is 10.1. The summed E-state index contributed by atoms with van der Waals surface area (Å²) < 4.78 is 2.02. The predicted octanol–water partition coefficient (Wildman–Crippen LogP) is 4.04. The van der Waals surface area contributed by atoms with Gasteiger partial charge in [-0.1, -0.05) is 35.9 Å². The average molecular weight is 399 g/mol. The van der Waals surface area contributed by atoms with E-state index in [-0.39, 0.29) is 0 Å².